The maximum absolute atomic E-state index is 12.2. The molecule has 1 atom stereocenters. The average Bonchev–Trinajstić information content (AvgIpc) is 3.09. The van der Waals surface area contributed by atoms with E-state index >= 15 is 0 Å². The second-order valence-electron chi connectivity index (χ2n) is 5.73. The molecule has 0 saturated heterocycles. The molecule has 2 aromatic rings. The number of rotatable bonds is 5. The highest BCUT2D eigenvalue weighted by atomic mass is 35.5. The number of hydrogen-bond donors (Lipinski definition) is 2. The lowest BCUT2D eigenvalue weighted by Crippen LogP contribution is -2.44. The Hall–Kier alpha value is -2.44. The molecule has 2 N–H and O–H groups in total. The van der Waals surface area contributed by atoms with Gasteiger partial charge in [-0.3, -0.25) is 9.59 Å². The summed E-state index contributed by atoms with van der Waals surface area (Å²) in [5, 5.41) is 6.03. The first-order valence-electron chi connectivity index (χ1n) is 7.86. The Morgan fingerprint density at radius 1 is 1.08 bits per heavy atom. The second kappa shape index (κ2) is 7.85. The molecule has 3 rings (SSSR count). The van der Waals surface area contributed by atoms with E-state index in [-0.39, 0.29) is 17.7 Å². The normalized spacial score (nSPS) is 13.2. The third kappa shape index (κ3) is 4.20. The molecule has 8 heteroatoms. The molecule has 2 aromatic carbocycles. The van der Waals surface area contributed by atoms with Gasteiger partial charge in [0, 0.05) is 12.1 Å². The summed E-state index contributed by atoms with van der Waals surface area (Å²) in [4.78, 5) is 24.4. The average molecular weight is 395 g/mol. The lowest BCUT2D eigenvalue weighted by molar-refractivity contribution is -0.122. The Morgan fingerprint density at radius 2 is 1.85 bits per heavy atom. The lowest BCUT2D eigenvalue weighted by atomic mass is 10.2. The quantitative estimate of drug-likeness (QED) is 0.816. The van der Waals surface area contributed by atoms with E-state index in [1.54, 1.807) is 19.1 Å². The van der Waals surface area contributed by atoms with Gasteiger partial charge in [0.1, 0.15) is 6.04 Å². The molecule has 0 bridgehead atoms. The van der Waals surface area contributed by atoms with Gasteiger partial charge in [-0.2, -0.15) is 0 Å². The van der Waals surface area contributed by atoms with Crippen LogP contribution in [0.5, 0.6) is 11.5 Å². The van der Waals surface area contributed by atoms with Gasteiger partial charge in [-0.05, 0) is 42.8 Å². The van der Waals surface area contributed by atoms with Gasteiger partial charge in [0.05, 0.1) is 10.0 Å². The van der Waals surface area contributed by atoms with Gasteiger partial charge < -0.3 is 20.1 Å². The Balaban J connectivity index is 1.54. The molecule has 1 heterocycles. The molecule has 1 aliphatic heterocycles. The van der Waals surface area contributed by atoms with Crippen LogP contribution >= 0.6 is 23.2 Å². The first-order chi connectivity index (χ1) is 12.4. The molecule has 0 fully saturated rings. The Kier molecular flexibility index (Phi) is 5.54. The Morgan fingerprint density at radius 3 is 2.62 bits per heavy atom. The summed E-state index contributed by atoms with van der Waals surface area (Å²) < 4.78 is 10.5. The number of hydrogen-bond acceptors (Lipinski definition) is 4. The van der Waals surface area contributed by atoms with E-state index in [2.05, 4.69) is 10.6 Å². The van der Waals surface area contributed by atoms with Crippen LogP contribution in [0, 0.1) is 0 Å². The largest absolute Gasteiger partial charge is 0.454 e. The number of ether oxygens (including phenoxy) is 2. The van der Waals surface area contributed by atoms with Gasteiger partial charge in [-0.1, -0.05) is 29.3 Å². The molecular formula is C18H16Cl2N2O4. The van der Waals surface area contributed by atoms with Crippen molar-refractivity contribution >= 4 is 35.0 Å². The number of benzene rings is 2. The zero-order valence-electron chi connectivity index (χ0n) is 13.8. The summed E-state index contributed by atoms with van der Waals surface area (Å²) in [5.41, 5.74) is 1.19. The van der Waals surface area contributed by atoms with Gasteiger partial charge in [-0.25, -0.2) is 0 Å². The molecule has 0 radical (unpaired) electrons. The predicted molar refractivity (Wildman–Crippen MR) is 97.8 cm³/mol. The number of carbonyl (C=O) groups is 2. The minimum Gasteiger partial charge on any atom is -0.454 e. The molecule has 26 heavy (non-hydrogen) atoms. The highest BCUT2D eigenvalue weighted by molar-refractivity contribution is 6.42. The monoisotopic (exact) mass is 394 g/mol. The number of halogens is 2. The summed E-state index contributed by atoms with van der Waals surface area (Å²) in [6.07, 6.45) is 0. The van der Waals surface area contributed by atoms with Gasteiger partial charge in [0.15, 0.2) is 11.5 Å². The van der Waals surface area contributed by atoms with Crippen molar-refractivity contribution in [3.63, 3.8) is 0 Å². The van der Waals surface area contributed by atoms with Crippen molar-refractivity contribution in [2.45, 2.75) is 19.5 Å². The van der Waals surface area contributed by atoms with Crippen LogP contribution < -0.4 is 20.1 Å². The van der Waals surface area contributed by atoms with Crippen molar-refractivity contribution in [3.05, 3.63) is 57.6 Å². The fourth-order valence-corrected chi connectivity index (χ4v) is 2.67. The van der Waals surface area contributed by atoms with Crippen LogP contribution in [-0.4, -0.2) is 24.6 Å². The minimum absolute atomic E-state index is 0.197. The smallest absolute Gasteiger partial charge is 0.251 e. The minimum atomic E-state index is -0.717. The molecule has 136 valence electrons. The molecule has 0 aliphatic carbocycles. The van der Waals surface area contributed by atoms with Crippen LogP contribution in [-0.2, 0) is 11.3 Å². The van der Waals surface area contributed by atoms with Crippen molar-refractivity contribution < 1.29 is 19.1 Å². The van der Waals surface area contributed by atoms with Gasteiger partial charge in [0.25, 0.3) is 5.91 Å². The number of nitrogens with one attached hydrogen (secondary N) is 2. The number of carbonyl (C=O) groups excluding carboxylic acids is 2. The van der Waals surface area contributed by atoms with Gasteiger partial charge in [-0.15, -0.1) is 0 Å². The Bertz CT molecular complexity index is 857. The van der Waals surface area contributed by atoms with E-state index < -0.39 is 11.9 Å². The highest BCUT2D eigenvalue weighted by Gasteiger charge is 2.18. The maximum atomic E-state index is 12.2. The SMILES string of the molecule is C[C@@H](NC(=O)c1ccc(Cl)c(Cl)c1)C(=O)NCc1ccc2c(c1)OCO2. The molecular weight excluding hydrogens is 379 g/mol. The summed E-state index contributed by atoms with van der Waals surface area (Å²) in [7, 11) is 0. The van der Waals surface area contributed by atoms with Gasteiger partial charge >= 0.3 is 0 Å². The summed E-state index contributed by atoms with van der Waals surface area (Å²) in [6.45, 7) is 2.11. The van der Waals surface area contributed by atoms with E-state index in [9.17, 15) is 9.59 Å². The third-order valence-electron chi connectivity index (χ3n) is 3.83. The van der Waals surface area contributed by atoms with E-state index in [4.69, 9.17) is 32.7 Å². The molecule has 1 aliphatic rings. The summed E-state index contributed by atoms with van der Waals surface area (Å²) in [6, 6.07) is 9.25. The highest BCUT2D eigenvalue weighted by Crippen LogP contribution is 2.32. The van der Waals surface area contributed by atoms with Crippen molar-refractivity contribution in [2.75, 3.05) is 6.79 Å². The topological polar surface area (TPSA) is 76.7 Å². The lowest BCUT2D eigenvalue weighted by Gasteiger charge is -2.14. The zero-order chi connectivity index (χ0) is 18.7. The van der Waals surface area contributed by atoms with E-state index in [1.165, 1.54) is 12.1 Å². The van der Waals surface area contributed by atoms with Crippen LogP contribution in [0.15, 0.2) is 36.4 Å². The van der Waals surface area contributed by atoms with Crippen LogP contribution in [0.2, 0.25) is 10.0 Å². The fourth-order valence-electron chi connectivity index (χ4n) is 2.38. The number of amides is 2. The Labute approximate surface area is 160 Å². The van der Waals surface area contributed by atoms with Crippen LogP contribution in [0.3, 0.4) is 0 Å². The maximum Gasteiger partial charge on any atom is 0.251 e. The van der Waals surface area contributed by atoms with E-state index in [0.717, 1.165) is 5.56 Å². The molecule has 0 saturated carbocycles. The van der Waals surface area contributed by atoms with Gasteiger partial charge in [0.2, 0.25) is 12.7 Å². The first kappa shape index (κ1) is 18.4. The molecule has 2 amide bonds. The van der Waals surface area contributed by atoms with E-state index in [1.807, 2.05) is 12.1 Å². The molecule has 0 aromatic heterocycles. The number of fused-ring (bicyclic) bond motifs is 1. The van der Waals surface area contributed by atoms with Crippen LogP contribution in [0.4, 0.5) is 0 Å². The summed E-state index contributed by atoms with van der Waals surface area (Å²) in [5.74, 6) is 0.616. The molecule has 0 unspecified atom stereocenters. The third-order valence-corrected chi connectivity index (χ3v) is 4.57. The second-order valence-corrected chi connectivity index (χ2v) is 6.54. The predicted octanol–water partition coefficient (Wildman–Crippen LogP) is 3.16. The van der Waals surface area contributed by atoms with Crippen molar-refractivity contribution in [3.8, 4) is 11.5 Å². The van der Waals surface area contributed by atoms with Crippen molar-refractivity contribution in [2.24, 2.45) is 0 Å². The standard InChI is InChI=1S/C18H16Cl2N2O4/c1-10(22-18(24)12-3-4-13(19)14(20)7-12)17(23)21-8-11-2-5-15-16(6-11)26-9-25-15/h2-7,10H,8-9H2,1H3,(H,21,23)(H,22,24)/t10-/m1/s1. The summed E-state index contributed by atoms with van der Waals surface area (Å²) >= 11 is 11.7. The van der Waals surface area contributed by atoms with Crippen LogP contribution in [0.25, 0.3) is 0 Å². The van der Waals surface area contributed by atoms with Crippen LogP contribution in [0.1, 0.15) is 22.8 Å². The van der Waals surface area contributed by atoms with Crippen molar-refractivity contribution in [1.29, 1.82) is 0 Å². The zero-order valence-corrected chi connectivity index (χ0v) is 15.4. The first-order valence-corrected chi connectivity index (χ1v) is 8.62. The van der Waals surface area contributed by atoms with Crippen molar-refractivity contribution in [1.82, 2.24) is 10.6 Å². The molecule has 6 nitrogen and oxygen atoms in total. The molecule has 0 spiro atoms. The van der Waals surface area contributed by atoms with E-state index in [0.29, 0.717) is 28.6 Å². The fraction of sp³-hybridized carbons (Fsp3) is 0.222.